The average molecular weight is 701 g/mol. The van der Waals surface area contributed by atoms with Crippen molar-refractivity contribution in [1.29, 1.82) is 0 Å². The van der Waals surface area contributed by atoms with Gasteiger partial charge >= 0.3 is 11.9 Å². The first-order valence-electron chi connectivity index (χ1n) is 13.9. The van der Waals surface area contributed by atoms with Crippen molar-refractivity contribution in [3.05, 3.63) is 132 Å². The van der Waals surface area contributed by atoms with Crippen molar-refractivity contribution in [2.75, 3.05) is 11.5 Å². The fourth-order valence-electron chi connectivity index (χ4n) is 4.49. The Morgan fingerprint density at radius 3 is 1.09 bits per heavy atom. The molecule has 14 heteroatoms. The van der Waals surface area contributed by atoms with Crippen LogP contribution in [0.5, 0.6) is 0 Å². The number of carbonyl (C=O) groups is 2. The maximum Gasteiger partial charge on any atom is 0.322 e. The van der Waals surface area contributed by atoms with Crippen LogP contribution in [0.3, 0.4) is 0 Å². The molecule has 0 aromatic heterocycles. The second kappa shape index (κ2) is 16.3. The number of aliphatic carboxylic acids is 2. The van der Waals surface area contributed by atoms with E-state index in [4.69, 9.17) is 0 Å². The summed E-state index contributed by atoms with van der Waals surface area (Å²) in [6, 6.07) is 29.2. The molecular formula is C32H32N2O8S4. The van der Waals surface area contributed by atoms with Gasteiger partial charge < -0.3 is 10.2 Å². The molecule has 0 heterocycles. The summed E-state index contributed by atoms with van der Waals surface area (Å²) in [6.07, 6.45) is 0. The van der Waals surface area contributed by atoms with E-state index in [2.05, 4.69) is 0 Å². The van der Waals surface area contributed by atoms with Crippen LogP contribution in [0.25, 0.3) is 0 Å². The molecule has 0 fully saturated rings. The van der Waals surface area contributed by atoms with Gasteiger partial charge in [-0.05, 0) is 35.4 Å². The van der Waals surface area contributed by atoms with E-state index in [-0.39, 0.29) is 34.4 Å². The molecule has 0 bridgehead atoms. The van der Waals surface area contributed by atoms with Crippen molar-refractivity contribution >= 4 is 53.6 Å². The van der Waals surface area contributed by atoms with E-state index in [9.17, 15) is 36.6 Å². The van der Waals surface area contributed by atoms with E-state index in [1.807, 2.05) is 0 Å². The third-order valence-corrected chi connectivity index (χ3v) is 13.0. The Morgan fingerprint density at radius 2 is 0.804 bits per heavy atom. The quantitative estimate of drug-likeness (QED) is 0.113. The lowest BCUT2D eigenvalue weighted by atomic mass is 10.2. The van der Waals surface area contributed by atoms with E-state index >= 15 is 0 Å². The molecule has 10 nitrogen and oxygen atoms in total. The molecule has 0 saturated heterocycles. The Morgan fingerprint density at radius 1 is 0.522 bits per heavy atom. The third kappa shape index (κ3) is 8.99. The Labute approximate surface area is 276 Å². The summed E-state index contributed by atoms with van der Waals surface area (Å²) in [5.41, 5.74) is 1.17. The van der Waals surface area contributed by atoms with Gasteiger partial charge in [0.05, 0.1) is 9.79 Å². The molecule has 46 heavy (non-hydrogen) atoms. The molecule has 0 saturated carbocycles. The van der Waals surface area contributed by atoms with Gasteiger partial charge in [-0.1, -0.05) is 119 Å². The predicted molar refractivity (Wildman–Crippen MR) is 179 cm³/mol. The molecular weight excluding hydrogens is 669 g/mol. The number of nitrogens with zero attached hydrogens (tertiary/aromatic N) is 2. The van der Waals surface area contributed by atoms with Gasteiger partial charge in [0.2, 0.25) is 20.0 Å². The Hall–Kier alpha value is -3.66. The van der Waals surface area contributed by atoms with Crippen LogP contribution < -0.4 is 0 Å². The van der Waals surface area contributed by atoms with Crippen LogP contribution in [0.2, 0.25) is 0 Å². The fourth-order valence-corrected chi connectivity index (χ4v) is 10.3. The number of carboxylic acids is 2. The molecule has 0 amide bonds. The summed E-state index contributed by atoms with van der Waals surface area (Å²) >= 11 is 0. The van der Waals surface area contributed by atoms with Gasteiger partial charge in [-0.25, -0.2) is 16.8 Å². The minimum atomic E-state index is -4.26. The van der Waals surface area contributed by atoms with Gasteiger partial charge in [-0.15, -0.1) is 0 Å². The summed E-state index contributed by atoms with van der Waals surface area (Å²) < 4.78 is 56.7. The smallest absolute Gasteiger partial charge is 0.322 e. The van der Waals surface area contributed by atoms with Gasteiger partial charge in [0.25, 0.3) is 0 Å². The third-order valence-electron chi connectivity index (χ3n) is 6.86. The van der Waals surface area contributed by atoms with Crippen LogP contribution in [0, 0.1) is 0 Å². The van der Waals surface area contributed by atoms with Gasteiger partial charge in [-0.2, -0.15) is 8.61 Å². The SMILES string of the molecule is O=C(O)[C@H](CSSC[C@@H](C(=O)O)N(Cc1ccccc1)S(=O)(=O)c1ccccc1)N(Cc1ccccc1)S(=O)(=O)c1ccccc1. The van der Waals surface area contributed by atoms with Gasteiger partial charge in [0, 0.05) is 24.6 Å². The van der Waals surface area contributed by atoms with Crippen molar-refractivity contribution < 1.29 is 36.6 Å². The topological polar surface area (TPSA) is 149 Å². The lowest BCUT2D eigenvalue weighted by molar-refractivity contribution is -0.141. The van der Waals surface area contributed by atoms with E-state index in [0.29, 0.717) is 11.1 Å². The van der Waals surface area contributed by atoms with Crippen LogP contribution in [0.15, 0.2) is 131 Å². The van der Waals surface area contributed by atoms with E-state index < -0.39 is 44.1 Å². The second-order valence-corrected chi connectivity index (χ2v) is 16.3. The number of hydrogen-bond donors (Lipinski definition) is 2. The molecule has 4 rings (SSSR count). The zero-order chi connectivity index (χ0) is 33.2. The van der Waals surface area contributed by atoms with E-state index in [0.717, 1.165) is 30.2 Å². The van der Waals surface area contributed by atoms with Crippen LogP contribution in [-0.2, 0) is 42.7 Å². The Bertz CT molecular complexity index is 1660. The lowest BCUT2D eigenvalue weighted by Crippen LogP contribution is -2.46. The van der Waals surface area contributed by atoms with Crippen molar-refractivity contribution in [3.63, 3.8) is 0 Å². The number of hydrogen-bond acceptors (Lipinski definition) is 8. The number of carboxylic acid groups (broad SMARTS) is 2. The Balaban J connectivity index is 1.57. The maximum atomic E-state index is 13.7. The highest BCUT2D eigenvalue weighted by Gasteiger charge is 2.38. The van der Waals surface area contributed by atoms with Crippen molar-refractivity contribution in [2.24, 2.45) is 0 Å². The molecule has 0 unspecified atom stereocenters. The minimum absolute atomic E-state index is 0.0663. The van der Waals surface area contributed by atoms with Crippen molar-refractivity contribution in [3.8, 4) is 0 Å². The molecule has 0 aliphatic carbocycles. The highest BCUT2D eigenvalue weighted by atomic mass is 33.1. The van der Waals surface area contributed by atoms with Gasteiger partial charge in [-0.3, -0.25) is 9.59 Å². The van der Waals surface area contributed by atoms with E-state index in [1.54, 1.807) is 97.1 Å². The molecule has 0 aliphatic heterocycles. The molecule has 4 aromatic carbocycles. The van der Waals surface area contributed by atoms with Crippen molar-refractivity contribution in [2.45, 2.75) is 35.0 Å². The molecule has 0 aliphatic rings. The first kappa shape index (κ1) is 35.2. The highest BCUT2D eigenvalue weighted by molar-refractivity contribution is 8.76. The van der Waals surface area contributed by atoms with Crippen LogP contribution in [-0.4, -0.2) is 71.2 Å². The summed E-state index contributed by atoms with van der Waals surface area (Å²) in [4.78, 5) is 24.9. The largest absolute Gasteiger partial charge is 0.480 e. The number of sulfonamides is 2. The second-order valence-electron chi connectivity index (χ2n) is 9.97. The summed E-state index contributed by atoms with van der Waals surface area (Å²) in [6.45, 7) is -0.420. The number of benzene rings is 4. The van der Waals surface area contributed by atoms with Gasteiger partial charge in [0.1, 0.15) is 12.1 Å². The zero-order valence-electron chi connectivity index (χ0n) is 24.4. The average Bonchev–Trinajstić information content (AvgIpc) is 3.06. The minimum Gasteiger partial charge on any atom is -0.480 e. The van der Waals surface area contributed by atoms with E-state index in [1.165, 1.54) is 24.3 Å². The van der Waals surface area contributed by atoms with Crippen LogP contribution >= 0.6 is 21.6 Å². The summed E-state index contributed by atoms with van der Waals surface area (Å²) in [5, 5.41) is 20.4. The van der Waals surface area contributed by atoms with Crippen LogP contribution in [0.1, 0.15) is 11.1 Å². The highest BCUT2D eigenvalue weighted by Crippen LogP contribution is 2.31. The molecule has 0 radical (unpaired) electrons. The number of rotatable bonds is 17. The molecule has 4 aromatic rings. The maximum absolute atomic E-state index is 13.7. The molecule has 242 valence electrons. The van der Waals surface area contributed by atoms with Crippen LogP contribution in [0.4, 0.5) is 0 Å². The zero-order valence-corrected chi connectivity index (χ0v) is 27.7. The van der Waals surface area contributed by atoms with Gasteiger partial charge in [0.15, 0.2) is 0 Å². The first-order chi connectivity index (χ1) is 22.0. The monoisotopic (exact) mass is 700 g/mol. The summed E-state index contributed by atoms with van der Waals surface area (Å²) in [7, 11) is -6.60. The van der Waals surface area contributed by atoms with Crippen molar-refractivity contribution in [1.82, 2.24) is 8.61 Å². The molecule has 0 spiro atoms. The molecule has 2 N–H and O–H groups in total. The summed E-state index contributed by atoms with van der Waals surface area (Å²) in [5.74, 6) is -3.24. The standard InChI is InChI=1S/C32H32N2O8S4/c35-31(36)29(33(21-25-13-5-1-6-14-25)45(39,40)27-17-9-3-10-18-27)23-43-44-24-30(32(37)38)34(22-26-15-7-2-8-16-26)46(41,42)28-19-11-4-12-20-28/h1-20,29-30H,21-24H2,(H,35,36)(H,37,38)/t29-,30-/m0/s1. The lowest BCUT2D eigenvalue weighted by Gasteiger charge is -2.29. The predicted octanol–water partition coefficient (Wildman–Crippen LogP) is 5.06. The fraction of sp³-hybridized carbons (Fsp3) is 0.188. The molecule has 2 atom stereocenters. The normalized spacial score (nSPS) is 13.3. The Kier molecular flexibility index (Phi) is 12.4. The first-order valence-corrected chi connectivity index (χ1v) is 19.3.